The van der Waals surface area contributed by atoms with Crippen molar-refractivity contribution in [2.45, 2.75) is 44.9 Å². The molecular weight excluding hydrogens is 308 g/mol. The molecule has 1 heterocycles. The zero-order valence-electron chi connectivity index (χ0n) is 13.2. The molecule has 2 atom stereocenters. The molecule has 1 saturated heterocycles. The van der Waals surface area contributed by atoms with Crippen molar-refractivity contribution < 1.29 is 27.8 Å². The number of rotatable bonds is 2. The molecule has 0 saturated carbocycles. The number of hydrogen-bond acceptors (Lipinski definition) is 4. The number of hydrogen-bond donors (Lipinski definition) is 1. The highest BCUT2D eigenvalue weighted by Crippen LogP contribution is 2.30. The van der Waals surface area contributed by atoms with Crippen LogP contribution in [0, 0.1) is 11.6 Å². The SMILES string of the molecule is CC(C)(C)OC(=O)NC1CC(=O)COC1c1cc(F)ccc1F. The van der Waals surface area contributed by atoms with E-state index in [9.17, 15) is 18.4 Å². The lowest BCUT2D eigenvalue weighted by molar-refractivity contribution is -0.133. The molecule has 0 spiro atoms. The minimum absolute atomic E-state index is 0.0418. The fraction of sp³-hybridized carbons (Fsp3) is 0.500. The van der Waals surface area contributed by atoms with E-state index < -0.39 is 35.5 Å². The molecule has 1 fully saturated rings. The second-order valence-electron chi connectivity index (χ2n) is 6.39. The van der Waals surface area contributed by atoms with Crippen LogP contribution in [0.15, 0.2) is 18.2 Å². The van der Waals surface area contributed by atoms with E-state index in [1.807, 2.05) is 0 Å². The van der Waals surface area contributed by atoms with Crippen molar-refractivity contribution in [2.24, 2.45) is 0 Å². The van der Waals surface area contributed by atoms with Crippen LogP contribution in [0.25, 0.3) is 0 Å². The molecule has 1 aliphatic rings. The van der Waals surface area contributed by atoms with Gasteiger partial charge in [0.25, 0.3) is 0 Å². The topological polar surface area (TPSA) is 64.6 Å². The first-order valence-electron chi connectivity index (χ1n) is 7.23. The number of alkyl carbamates (subject to hydrolysis) is 1. The Morgan fingerprint density at radius 3 is 2.70 bits per heavy atom. The lowest BCUT2D eigenvalue weighted by atomic mass is 9.95. The maximum Gasteiger partial charge on any atom is 0.407 e. The molecular formula is C16H19F2NO4. The lowest BCUT2D eigenvalue weighted by Crippen LogP contribution is -2.47. The summed E-state index contributed by atoms with van der Waals surface area (Å²) in [5.74, 6) is -1.53. The Bertz CT molecular complexity index is 613. The molecule has 1 aliphatic heterocycles. The fourth-order valence-corrected chi connectivity index (χ4v) is 2.33. The third kappa shape index (κ3) is 4.72. The monoisotopic (exact) mass is 327 g/mol. The zero-order valence-corrected chi connectivity index (χ0v) is 13.2. The second kappa shape index (κ2) is 6.62. The van der Waals surface area contributed by atoms with Crippen LogP contribution in [0.1, 0.15) is 38.9 Å². The van der Waals surface area contributed by atoms with Crippen LogP contribution in [-0.4, -0.2) is 30.1 Å². The predicted octanol–water partition coefficient (Wildman–Crippen LogP) is 2.89. The molecule has 126 valence electrons. The Balaban J connectivity index is 2.21. The van der Waals surface area contributed by atoms with E-state index in [1.165, 1.54) is 0 Å². The molecule has 5 nitrogen and oxygen atoms in total. The molecule has 0 radical (unpaired) electrons. The highest BCUT2D eigenvalue weighted by Gasteiger charge is 2.35. The quantitative estimate of drug-likeness (QED) is 0.907. The Hall–Kier alpha value is -2.02. The predicted molar refractivity (Wildman–Crippen MR) is 77.8 cm³/mol. The number of Topliss-reactive ketones (excluding diaryl/α,β-unsaturated/α-hetero) is 1. The smallest absolute Gasteiger partial charge is 0.407 e. The van der Waals surface area contributed by atoms with Gasteiger partial charge in [0.15, 0.2) is 5.78 Å². The van der Waals surface area contributed by atoms with Crippen molar-refractivity contribution in [1.29, 1.82) is 0 Å². The highest BCUT2D eigenvalue weighted by atomic mass is 19.1. The number of ketones is 1. The highest BCUT2D eigenvalue weighted by molar-refractivity contribution is 5.82. The van der Waals surface area contributed by atoms with Gasteiger partial charge in [-0.05, 0) is 39.0 Å². The number of benzene rings is 1. The van der Waals surface area contributed by atoms with Crippen molar-refractivity contribution >= 4 is 11.9 Å². The number of amides is 1. The molecule has 7 heteroatoms. The Morgan fingerprint density at radius 1 is 1.35 bits per heavy atom. The van der Waals surface area contributed by atoms with Gasteiger partial charge < -0.3 is 14.8 Å². The summed E-state index contributed by atoms with van der Waals surface area (Å²) in [6, 6.07) is 2.14. The van der Waals surface area contributed by atoms with Gasteiger partial charge in [-0.1, -0.05) is 0 Å². The van der Waals surface area contributed by atoms with Crippen LogP contribution >= 0.6 is 0 Å². The Morgan fingerprint density at radius 2 is 2.04 bits per heavy atom. The lowest BCUT2D eigenvalue weighted by Gasteiger charge is -2.32. The van der Waals surface area contributed by atoms with E-state index in [1.54, 1.807) is 20.8 Å². The third-order valence-electron chi connectivity index (χ3n) is 3.20. The van der Waals surface area contributed by atoms with Crippen LogP contribution in [0.4, 0.5) is 13.6 Å². The fourth-order valence-electron chi connectivity index (χ4n) is 2.33. The van der Waals surface area contributed by atoms with Gasteiger partial charge in [0.2, 0.25) is 0 Å². The van der Waals surface area contributed by atoms with Crippen LogP contribution in [0.3, 0.4) is 0 Å². The number of nitrogens with one attached hydrogen (secondary N) is 1. The van der Waals surface area contributed by atoms with Gasteiger partial charge in [0, 0.05) is 12.0 Å². The Kier molecular flexibility index (Phi) is 4.99. The summed E-state index contributed by atoms with van der Waals surface area (Å²) < 4.78 is 37.8. The molecule has 0 aromatic heterocycles. The van der Waals surface area contributed by atoms with Crippen LogP contribution in [0.5, 0.6) is 0 Å². The number of carbonyl (C=O) groups excluding carboxylic acids is 2. The zero-order chi connectivity index (χ0) is 17.2. The summed E-state index contributed by atoms with van der Waals surface area (Å²) in [6.07, 6.45) is -1.75. The van der Waals surface area contributed by atoms with Crippen molar-refractivity contribution in [3.8, 4) is 0 Å². The molecule has 1 amide bonds. The van der Waals surface area contributed by atoms with Crippen molar-refractivity contribution in [3.63, 3.8) is 0 Å². The van der Waals surface area contributed by atoms with Crippen LogP contribution < -0.4 is 5.32 Å². The van der Waals surface area contributed by atoms with Gasteiger partial charge in [-0.15, -0.1) is 0 Å². The Labute approximate surface area is 133 Å². The van der Waals surface area contributed by atoms with E-state index in [0.717, 1.165) is 18.2 Å². The largest absolute Gasteiger partial charge is 0.444 e. The summed E-state index contributed by atoms with van der Waals surface area (Å²) >= 11 is 0. The molecule has 0 bridgehead atoms. The summed E-state index contributed by atoms with van der Waals surface area (Å²) in [7, 11) is 0. The number of halogens is 2. The van der Waals surface area contributed by atoms with Gasteiger partial charge >= 0.3 is 6.09 Å². The van der Waals surface area contributed by atoms with Gasteiger partial charge in [-0.25, -0.2) is 13.6 Å². The van der Waals surface area contributed by atoms with E-state index in [-0.39, 0.29) is 24.4 Å². The third-order valence-corrected chi connectivity index (χ3v) is 3.20. The average Bonchev–Trinajstić information content (AvgIpc) is 2.40. The molecule has 1 aromatic rings. The maximum absolute atomic E-state index is 14.0. The first-order chi connectivity index (χ1) is 10.7. The molecule has 1 aromatic carbocycles. The van der Waals surface area contributed by atoms with Crippen molar-refractivity contribution in [1.82, 2.24) is 5.32 Å². The average molecular weight is 327 g/mol. The normalized spacial score (nSPS) is 21.9. The number of carbonyl (C=O) groups is 2. The number of ether oxygens (including phenoxy) is 2. The van der Waals surface area contributed by atoms with E-state index in [4.69, 9.17) is 9.47 Å². The van der Waals surface area contributed by atoms with Gasteiger partial charge in [-0.2, -0.15) is 0 Å². The summed E-state index contributed by atoms with van der Waals surface area (Å²) in [6.45, 7) is 4.86. The van der Waals surface area contributed by atoms with Gasteiger partial charge in [-0.3, -0.25) is 4.79 Å². The molecule has 23 heavy (non-hydrogen) atoms. The molecule has 0 aliphatic carbocycles. The van der Waals surface area contributed by atoms with E-state index in [2.05, 4.69) is 5.32 Å². The van der Waals surface area contributed by atoms with E-state index >= 15 is 0 Å². The van der Waals surface area contributed by atoms with Gasteiger partial charge in [0.1, 0.15) is 29.9 Å². The maximum atomic E-state index is 14.0. The molecule has 2 unspecified atom stereocenters. The summed E-state index contributed by atoms with van der Waals surface area (Å²) in [5, 5.41) is 2.50. The summed E-state index contributed by atoms with van der Waals surface area (Å²) in [5.41, 5.74) is -0.762. The first-order valence-corrected chi connectivity index (χ1v) is 7.23. The van der Waals surface area contributed by atoms with Crippen LogP contribution in [-0.2, 0) is 14.3 Å². The standard InChI is InChI=1S/C16H19F2NO4/c1-16(2,3)23-15(21)19-13-7-10(20)8-22-14(13)11-6-9(17)4-5-12(11)18/h4-6,13-14H,7-8H2,1-3H3,(H,19,21). The van der Waals surface area contributed by atoms with Crippen molar-refractivity contribution in [3.05, 3.63) is 35.4 Å². The summed E-state index contributed by atoms with van der Waals surface area (Å²) in [4.78, 5) is 23.5. The van der Waals surface area contributed by atoms with E-state index in [0.29, 0.717) is 0 Å². The minimum atomic E-state index is -0.962. The molecule has 1 N–H and O–H groups in total. The second-order valence-corrected chi connectivity index (χ2v) is 6.39. The van der Waals surface area contributed by atoms with Crippen LogP contribution in [0.2, 0.25) is 0 Å². The molecule has 2 rings (SSSR count). The first kappa shape index (κ1) is 17.3. The minimum Gasteiger partial charge on any atom is -0.444 e. The van der Waals surface area contributed by atoms with Crippen molar-refractivity contribution in [2.75, 3.05) is 6.61 Å². The van der Waals surface area contributed by atoms with Gasteiger partial charge in [0.05, 0.1) is 6.04 Å².